The third-order valence-corrected chi connectivity index (χ3v) is 5.15. The number of aromatic nitrogens is 2. The molecule has 1 aliphatic rings. The zero-order valence-electron chi connectivity index (χ0n) is 13.8. The van der Waals surface area contributed by atoms with Crippen LogP contribution in [0.25, 0.3) is 27.4 Å². The molecule has 1 aromatic carbocycles. The summed E-state index contributed by atoms with van der Waals surface area (Å²) in [5.41, 5.74) is 5.10. The Kier molecular flexibility index (Phi) is 3.53. The average molecular weight is 302 g/mol. The van der Waals surface area contributed by atoms with Crippen LogP contribution in [0.3, 0.4) is 0 Å². The lowest BCUT2D eigenvalue weighted by molar-refractivity contribution is 0.388. The summed E-state index contributed by atoms with van der Waals surface area (Å²) < 4.78 is 2.26. The second kappa shape index (κ2) is 5.69. The van der Waals surface area contributed by atoms with Crippen LogP contribution in [0.4, 0.5) is 0 Å². The van der Waals surface area contributed by atoms with Crippen LogP contribution in [0.5, 0.6) is 0 Å². The van der Waals surface area contributed by atoms with Crippen LogP contribution in [0, 0.1) is 5.92 Å². The van der Waals surface area contributed by atoms with Crippen molar-refractivity contribution in [3.63, 3.8) is 0 Å². The molecule has 2 heteroatoms. The summed E-state index contributed by atoms with van der Waals surface area (Å²) in [6, 6.07) is 8.85. The minimum absolute atomic E-state index is 0.789. The SMILES string of the molecule is C/C=C(\C=C/C1CCC1)c1ccc2c3cnccc3n(C)c2c1. The number of benzene rings is 1. The zero-order chi connectivity index (χ0) is 15.8. The predicted molar refractivity (Wildman–Crippen MR) is 98.4 cm³/mol. The Morgan fingerprint density at radius 3 is 2.78 bits per heavy atom. The van der Waals surface area contributed by atoms with Crippen LogP contribution < -0.4 is 0 Å². The van der Waals surface area contributed by atoms with Gasteiger partial charge in [0, 0.05) is 35.7 Å². The van der Waals surface area contributed by atoms with E-state index in [1.54, 1.807) is 0 Å². The first-order chi connectivity index (χ1) is 11.3. The third-order valence-electron chi connectivity index (χ3n) is 5.15. The molecule has 0 aliphatic heterocycles. The first-order valence-electron chi connectivity index (χ1n) is 8.45. The molecule has 0 amide bonds. The smallest absolute Gasteiger partial charge is 0.0519 e. The van der Waals surface area contributed by atoms with Crippen LogP contribution in [0.2, 0.25) is 0 Å². The van der Waals surface area contributed by atoms with E-state index >= 15 is 0 Å². The summed E-state index contributed by atoms with van der Waals surface area (Å²) in [5, 5.41) is 2.50. The van der Waals surface area contributed by atoms with E-state index in [1.807, 2.05) is 12.4 Å². The standard InChI is InChI=1S/C21H22N2/c1-3-16(8-7-15-5-4-6-15)17-9-10-18-19-14-22-12-11-20(19)23(2)21(18)13-17/h3,7-15H,4-6H2,1-2H3/b8-7-,16-3+. The molecule has 0 radical (unpaired) electrons. The normalized spacial score (nSPS) is 16.5. The number of nitrogens with zero attached hydrogens (tertiary/aromatic N) is 2. The maximum absolute atomic E-state index is 4.28. The maximum Gasteiger partial charge on any atom is 0.0519 e. The van der Waals surface area contributed by atoms with Crippen molar-refractivity contribution in [2.75, 3.05) is 0 Å². The molecular weight excluding hydrogens is 280 g/mol. The van der Waals surface area contributed by atoms with Crippen molar-refractivity contribution in [1.82, 2.24) is 9.55 Å². The molecule has 4 rings (SSSR count). The van der Waals surface area contributed by atoms with Crippen molar-refractivity contribution in [2.24, 2.45) is 13.0 Å². The van der Waals surface area contributed by atoms with Crippen LogP contribution in [-0.2, 0) is 7.05 Å². The van der Waals surface area contributed by atoms with Gasteiger partial charge in [0.05, 0.1) is 5.52 Å². The molecule has 1 saturated carbocycles. The van der Waals surface area contributed by atoms with Crippen LogP contribution in [-0.4, -0.2) is 9.55 Å². The van der Waals surface area contributed by atoms with E-state index in [0.717, 1.165) is 5.92 Å². The Hall–Kier alpha value is -2.35. The molecule has 3 aromatic rings. The summed E-state index contributed by atoms with van der Waals surface area (Å²) in [4.78, 5) is 4.28. The van der Waals surface area contributed by atoms with Crippen LogP contribution >= 0.6 is 0 Å². The van der Waals surface area contributed by atoms with Gasteiger partial charge < -0.3 is 4.57 Å². The Labute approximate surface area is 137 Å². The van der Waals surface area contributed by atoms with Crippen LogP contribution in [0.1, 0.15) is 31.7 Å². The molecule has 0 spiro atoms. The summed E-state index contributed by atoms with van der Waals surface area (Å²) in [5.74, 6) is 0.789. The highest BCUT2D eigenvalue weighted by Gasteiger charge is 2.14. The Morgan fingerprint density at radius 2 is 2.04 bits per heavy atom. The summed E-state index contributed by atoms with van der Waals surface area (Å²) >= 11 is 0. The van der Waals surface area contributed by atoms with Crippen molar-refractivity contribution in [2.45, 2.75) is 26.2 Å². The highest BCUT2D eigenvalue weighted by Crippen LogP contribution is 2.31. The van der Waals surface area contributed by atoms with E-state index in [-0.39, 0.29) is 0 Å². The van der Waals surface area contributed by atoms with E-state index in [2.05, 4.69) is 66.0 Å². The fourth-order valence-electron chi connectivity index (χ4n) is 3.46. The average Bonchev–Trinajstić information content (AvgIpc) is 2.83. The number of hydrogen-bond donors (Lipinski definition) is 0. The van der Waals surface area contributed by atoms with Crippen molar-refractivity contribution in [1.29, 1.82) is 0 Å². The maximum atomic E-state index is 4.28. The van der Waals surface area contributed by atoms with Gasteiger partial charge in [0.15, 0.2) is 0 Å². The number of aryl methyl sites for hydroxylation is 1. The molecular formula is C21H22N2. The molecule has 0 unspecified atom stereocenters. The molecule has 0 saturated heterocycles. The Bertz CT molecular complexity index is 924. The van der Waals surface area contributed by atoms with Crippen molar-refractivity contribution in [3.8, 4) is 0 Å². The molecule has 116 valence electrons. The molecule has 1 aliphatic carbocycles. The van der Waals surface area contributed by atoms with Crippen molar-refractivity contribution < 1.29 is 0 Å². The Morgan fingerprint density at radius 1 is 1.17 bits per heavy atom. The predicted octanol–water partition coefficient (Wildman–Crippen LogP) is 5.49. The lowest BCUT2D eigenvalue weighted by Crippen LogP contribution is -2.06. The molecule has 0 N–H and O–H groups in total. The number of hydrogen-bond acceptors (Lipinski definition) is 1. The first-order valence-corrected chi connectivity index (χ1v) is 8.45. The molecule has 2 nitrogen and oxygen atoms in total. The lowest BCUT2D eigenvalue weighted by Gasteiger charge is -2.21. The second-order valence-corrected chi connectivity index (χ2v) is 6.48. The van der Waals surface area contributed by atoms with Gasteiger partial charge in [0.1, 0.15) is 0 Å². The number of fused-ring (bicyclic) bond motifs is 3. The number of rotatable bonds is 3. The quantitative estimate of drug-likeness (QED) is 0.585. The highest BCUT2D eigenvalue weighted by atomic mass is 14.9. The second-order valence-electron chi connectivity index (χ2n) is 6.48. The van der Waals surface area contributed by atoms with E-state index in [1.165, 1.54) is 52.2 Å². The molecule has 1 fully saturated rings. The van der Waals surface area contributed by atoms with E-state index in [9.17, 15) is 0 Å². The number of allylic oxidation sites excluding steroid dienone is 4. The number of pyridine rings is 1. The van der Waals surface area contributed by atoms with Gasteiger partial charge in [-0.2, -0.15) is 0 Å². The van der Waals surface area contributed by atoms with Gasteiger partial charge in [0.25, 0.3) is 0 Å². The van der Waals surface area contributed by atoms with Crippen molar-refractivity contribution in [3.05, 3.63) is 60.5 Å². The van der Waals surface area contributed by atoms with Gasteiger partial charge in [-0.3, -0.25) is 4.98 Å². The fourth-order valence-corrected chi connectivity index (χ4v) is 3.46. The molecule has 0 bridgehead atoms. The van der Waals surface area contributed by atoms with E-state index in [4.69, 9.17) is 0 Å². The van der Waals surface area contributed by atoms with Gasteiger partial charge in [0.2, 0.25) is 0 Å². The minimum atomic E-state index is 0.789. The topological polar surface area (TPSA) is 17.8 Å². The largest absolute Gasteiger partial charge is 0.343 e. The molecule has 23 heavy (non-hydrogen) atoms. The molecule has 2 heterocycles. The minimum Gasteiger partial charge on any atom is -0.343 e. The third kappa shape index (κ3) is 2.39. The van der Waals surface area contributed by atoms with Crippen LogP contribution in [0.15, 0.2) is 54.9 Å². The summed E-state index contributed by atoms with van der Waals surface area (Å²) in [7, 11) is 2.13. The van der Waals surface area contributed by atoms with E-state index in [0.29, 0.717) is 0 Å². The van der Waals surface area contributed by atoms with E-state index < -0.39 is 0 Å². The van der Waals surface area contributed by atoms with Gasteiger partial charge >= 0.3 is 0 Å². The monoisotopic (exact) mass is 302 g/mol. The zero-order valence-corrected chi connectivity index (χ0v) is 13.8. The first kappa shape index (κ1) is 14.3. The molecule has 0 atom stereocenters. The van der Waals surface area contributed by atoms with Gasteiger partial charge in [-0.15, -0.1) is 0 Å². The highest BCUT2D eigenvalue weighted by molar-refractivity contribution is 6.08. The summed E-state index contributed by atoms with van der Waals surface area (Å²) in [6.45, 7) is 2.12. The van der Waals surface area contributed by atoms with Crippen molar-refractivity contribution >= 4 is 27.4 Å². The van der Waals surface area contributed by atoms with Gasteiger partial charge in [-0.05, 0) is 49.0 Å². The Balaban J connectivity index is 1.80. The fraction of sp³-hybridized carbons (Fsp3) is 0.286. The summed E-state index contributed by atoms with van der Waals surface area (Å²) in [6.07, 6.45) is 14.8. The lowest BCUT2D eigenvalue weighted by atomic mass is 9.84. The molecule has 2 aromatic heterocycles. The van der Waals surface area contributed by atoms with Gasteiger partial charge in [-0.25, -0.2) is 0 Å². The van der Waals surface area contributed by atoms with Gasteiger partial charge in [-0.1, -0.05) is 36.8 Å².